The number of hydrogen-bond acceptors (Lipinski definition) is 16. The Bertz CT molecular complexity index is 2540. The molecule has 0 bridgehead atoms. The number of carboxylic acids is 1. The Morgan fingerprint density at radius 2 is 1.74 bits per heavy atom. The van der Waals surface area contributed by atoms with Crippen molar-refractivity contribution in [3.05, 3.63) is 72.1 Å². The van der Waals surface area contributed by atoms with Gasteiger partial charge in [-0.15, -0.1) is 23.4 Å². The molecule has 3 unspecified atom stereocenters. The average Bonchev–Trinajstić information content (AvgIpc) is 3.60. The largest absolute Gasteiger partial charge is 0.480 e. The number of aryl methyl sites for hydroxylation is 2. The molecule has 70 heavy (non-hydrogen) atoms. The van der Waals surface area contributed by atoms with Gasteiger partial charge in [0.05, 0.1) is 36.2 Å². The molecular weight excluding hydrogens is 1030 g/mol. The number of thioether (sulfide) groups is 1. The highest BCUT2D eigenvalue weighted by Crippen LogP contribution is 2.36. The highest BCUT2D eigenvalue weighted by atomic mass is 35.5. The van der Waals surface area contributed by atoms with Crippen LogP contribution in [-0.2, 0) is 47.9 Å². The Kier molecular flexibility index (Phi) is 26.6. The van der Waals surface area contributed by atoms with Crippen LogP contribution in [0.15, 0.2) is 45.0 Å². The zero-order valence-electron chi connectivity index (χ0n) is 41.1. The summed E-state index contributed by atoms with van der Waals surface area (Å²) >= 11 is 19.7. The van der Waals surface area contributed by atoms with Crippen LogP contribution in [0.4, 0.5) is 27.7 Å². The van der Waals surface area contributed by atoms with Gasteiger partial charge in [-0.05, 0) is 113 Å². The van der Waals surface area contributed by atoms with Crippen molar-refractivity contribution in [3.8, 4) is 0 Å². The van der Waals surface area contributed by atoms with E-state index in [4.69, 9.17) is 55.3 Å². The SMILES string of the molecule is CCNc1nc(Cl)nc(NC(C)(C)C)n1.CCc1cccc(C)c1N(C(=O)CCl)C(C)COC.COC(=O)CSc1cc(/N=c2\sc(=O)n3n2CCCC3)c(F)cc1Cl.CP(=O)(O)CCC(N)C(=O)O. The van der Waals surface area contributed by atoms with Gasteiger partial charge < -0.3 is 40.7 Å². The number of methoxy groups -OCH3 is 2. The Morgan fingerprint density at radius 3 is 2.30 bits per heavy atom. The van der Waals surface area contributed by atoms with E-state index < -0.39 is 31.2 Å². The van der Waals surface area contributed by atoms with Crippen molar-refractivity contribution in [2.24, 2.45) is 10.7 Å². The first-order valence-electron chi connectivity index (χ1n) is 22.0. The number of halogens is 4. The van der Waals surface area contributed by atoms with Crippen LogP contribution in [0.5, 0.6) is 0 Å². The Hall–Kier alpha value is -4.12. The van der Waals surface area contributed by atoms with Crippen molar-refractivity contribution in [1.82, 2.24) is 24.3 Å². The van der Waals surface area contributed by atoms with E-state index in [0.29, 0.717) is 41.3 Å². The van der Waals surface area contributed by atoms with Crippen molar-refractivity contribution in [3.63, 3.8) is 0 Å². The molecule has 0 radical (unpaired) electrons. The molecule has 6 N–H and O–H groups in total. The smallest absolute Gasteiger partial charge is 0.325 e. The number of hydrogen-bond donors (Lipinski definition) is 5. The molecule has 3 heterocycles. The molecule has 2 aromatic heterocycles. The summed E-state index contributed by atoms with van der Waals surface area (Å²) in [7, 11) is -0.168. The monoisotopic (exact) mass is 1100 g/mol. The van der Waals surface area contributed by atoms with E-state index in [1.54, 1.807) is 21.4 Å². The minimum atomic E-state index is -3.10. The number of alkyl halides is 1. The van der Waals surface area contributed by atoms with Crippen LogP contribution in [0.2, 0.25) is 10.3 Å². The van der Waals surface area contributed by atoms with Gasteiger partial charge in [0.1, 0.15) is 23.4 Å². The van der Waals surface area contributed by atoms with Gasteiger partial charge in [-0.1, -0.05) is 36.7 Å². The summed E-state index contributed by atoms with van der Waals surface area (Å²) in [6.45, 7) is 17.9. The third-order valence-corrected chi connectivity index (χ3v) is 13.3. The summed E-state index contributed by atoms with van der Waals surface area (Å²) in [6, 6.07) is 7.66. The summed E-state index contributed by atoms with van der Waals surface area (Å²) in [5.41, 5.74) is 8.28. The molecule has 1 aliphatic heterocycles. The molecule has 3 atom stereocenters. The molecule has 1 aliphatic rings. The summed E-state index contributed by atoms with van der Waals surface area (Å²) in [5, 5.41) is 14.8. The first-order chi connectivity index (χ1) is 32.8. The number of nitrogens with one attached hydrogen (secondary N) is 2. The maximum absolute atomic E-state index is 14.3. The molecule has 19 nitrogen and oxygen atoms in total. The minimum Gasteiger partial charge on any atom is -0.480 e. The average molecular weight is 1100 g/mol. The van der Waals surface area contributed by atoms with Gasteiger partial charge >= 0.3 is 16.8 Å². The summed E-state index contributed by atoms with van der Waals surface area (Å²) in [6.07, 6.45) is 2.77. The fourth-order valence-electron chi connectivity index (χ4n) is 6.23. The molecule has 0 saturated carbocycles. The van der Waals surface area contributed by atoms with Crippen molar-refractivity contribution < 1.29 is 42.8 Å². The van der Waals surface area contributed by atoms with E-state index in [2.05, 4.69) is 48.3 Å². The summed E-state index contributed by atoms with van der Waals surface area (Å²) < 4.78 is 38.1. The van der Waals surface area contributed by atoms with E-state index in [1.165, 1.54) is 19.8 Å². The number of rotatable bonds is 17. The maximum Gasteiger partial charge on any atom is 0.325 e. The molecule has 0 spiro atoms. The summed E-state index contributed by atoms with van der Waals surface area (Å²) in [5.74, 6) is -1.20. The lowest BCUT2D eigenvalue weighted by Crippen LogP contribution is -2.43. The van der Waals surface area contributed by atoms with E-state index in [-0.39, 0.29) is 62.6 Å². The standard InChI is InChI=1S/C15H15ClFN3O3S2.C15H22ClNO2.C9H16ClN5.C5H12NO4P/c1-23-13(21)8-24-12-7-11(10(17)6-9(12)16)18-14-19-4-2-3-5-20(19)15(22)25-14;1-5-13-8-6-7-11(2)15(13)17(14(18)9-16)12(3)10-19-4;1-5-11-7-12-6(10)13-8(14-7)15-9(2,3)4;1-11(9,10)3-2-4(6)5(7)8/h6-7H,2-5,8H2,1H3;6-8,12H,5,9-10H2,1-4H3;5H2,1-4H3,(H2,11,12,13,14,15);4H,2-3,6H2,1H3,(H,7,8)(H,9,10)/b18-14-;;;. The van der Waals surface area contributed by atoms with E-state index in [1.807, 2.05) is 53.7 Å². The zero-order chi connectivity index (χ0) is 52.9. The first-order valence-corrected chi connectivity index (χ1v) is 27.4. The second kappa shape index (κ2) is 30.0. The lowest BCUT2D eigenvalue weighted by atomic mass is 10.0. The molecule has 390 valence electrons. The molecule has 5 rings (SSSR count). The Morgan fingerprint density at radius 1 is 1.10 bits per heavy atom. The number of anilines is 3. The van der Waals surface area contributed by atoms with E-state index in [9.17, 15) is 28.1 Å². The fourth-order valence-corrected chi connectivity index (χ4v) is 9.27. The van der Waals surface area contributed by atoms with E-state index >= 15 is 0 Å². The van der Waals surface area contributed by atoms with Crippen molar-refractivity contribution in [1.29, 1.82) is 0 Å². The van der Waals surface area contributed by atoms with Crippen LogP contribution in [0.25, 0.3) is 0 Å². The van der Waals surface area contributed by atoms with Crippen LogP contribution in [0.1, 0.15) is 71.9 Å². The van der Waals surface area contributed by atoms with E-state index in [0.717, 1.165) is 71.8 Å². The number of carbonyl (C=O) groups is 3. The van der Waals surface area contributed by atoms with Crippen LogP contribution in [-0.4, -0.2) is 122 Å². The maximum atomic E-state index is 14.3. The van der Waals surface area contributed by atoms with Crippen LogP contribution >= 0.6 is 65.3 Å². The third-order valence-electron chi connectivity index (χ3n) is 9.46. The number of aliphatic carboxylic acids is 1. The first kappa shape index (κ1) is 62.0. The zero-order valence-corrected chi connectivity index (χ0v) is 45.9. The predicted octanol–water partition coefficient (Wildman–Crippen LogP) is 7.82. The van der Waals surface area contributed by atoms with Gasteiger partial charge in [0.25, 0.3) is 0 Å². The molecule has 2 aromatic carbocycles. The number of ether oxygens (including phenoxy) is 2. The van der Waals surface area contributed by atoms with Gasteiger partial charge in [0.2, 0.25) is 27.9 Å². The topological polar surface area (TPSA) is 258 Å². The number of fused-ring (bicyclic) bond motifs is 1. The Labute approximate surface area is 431 Å². The van der Waals surface area contributed by atoms with Gasteiger partial charge in [-0.3, -0.25) is 28.4 Å². The number of benzene rings is 2. The molecule has 0 fully saturated rings. The van der Waals surface area contributed by atoms with Crippen LogP contribution in [0.3, 0.4) is 0 Å². The van der Waals surface area contributed by atoms with Crippen molar-refractivity contribution in [2.45, 2.75) is 110 Å². The fraction of sp³-hybridized carbons (Fsp3) is 0.545. The number of esters is 1. The lowest BCUT2D eigenvalue weighted by molar-refractivity contribution is -0.139. The van der Waals surface area contributed by atoms with Crippen LogP contribution < -0.4 is 30.9 Å². The number of aromatic nitrogens is 5. The lowest BCUT2D eigenvalue weighted by Gasteiger charge is -2.31. The quantitative estimate of drug-likeness (QED) is 0.0292. The molecular formula is C44H65Cl3FN10O9PS2. The molecule has 0 aliphatic carbocycles. The number of carboxylic acid groups (broad SMARTS) is 1. The number of amides is 1. The summed E-state index contributed by atoms with van der Waals surface area (Å²) in [4.78, 5) is 73.4. The molecule has 4 aromatic rings. The molecule has 26 heteroatoms. The second-order valence-electron chi connectivity index (χ2n) is 16.6. The predicted molar refractivity (Wildman–Crippen MR) is 278 cm³/mol. The van der Waals surface area contributed by atoms with Gasteiger partial charge in [-0.2, -0.15) is 15.0 Å². The third kappa shape index (κ3) is 21.3. The van der Waals surface area contributed by atoms with Crippen molar-refractivity contribution in [2.75, 3.05) is 67.4 Å². The van der Waals surface area contributed by atoms with Crippen molar-refractivity contribution >= 4 is 106 Å². The molecule has 0 saturated heterocycles. The highest BCUT2D eigenvalue weighted by molar-refractivity contribution is 8.00. The number of nitrogens with two attached hydrogens (primary N) is 1. The van der Waals surface area contributed by atoms with Crippen LogP contribution in [0, 0.1) is 12.7 Å². The normalized spacial score (nSPS) is 13.9. The second-order valence-corrected chi connectivity index (χ2v) is 22.1. The highest BCUT2D eigenvalue weighted by Gasteiger charge is 2.25. The number of para-hydroxylation sites is 1. The Balaban J connectivity index is 0.000000335. The minimum absolute atomic E-state index is 0.0223. The molecule has 1 amide bonds. The number of carbonyl (C=O) groups excluding carboxylic acids is 2. The van der Waals surface area contributed by atoms with Gasteiger partial charge in [0, 0.05) is 50.0 Å². The van der Waals surface area contributed by atoms with Gasteiger partial charge in [0.15, 0.2) is 7.37 Å². The van der Waals surface area contributed by atoms with Gasteiger partial charge in [-0.25, -0.2) is 14.1 Å². The number of nitrogens with zero attached hydrogens (tertiary/aromatic N) is 7.